The molecular formula is C23H21ClN6O2S. The second-order valence-corrected chi connectivity index (χ2v) is 9.62. The van der Waals surface area contributed by atoms with Crippen molar-refractivity contribution in [1.29, 1.82) is 0 Å². The molecule has 0 bridgehead atoms. The Morgan fingerprint density at radius 2 is 2.00 bits per heavy atom. The van der Waals surface area contributed by atoms with E-state index in [4.69, 9.17) is 16.0 Å². The second-order valence-electron chi connectivity index (χ2n) is 7.88. The van der Waals surface area contributed by atoms with Crippen molar-refractivity contribution in [2.24, 2.45) is 5.10 Å². The van der Waals surface area contributed by atoms with Crippen molar-refractivity contribution in [3.05, 3.63) is 76.5 Å². The third-order valence-electron chi connectivity index (χ3n) is 5.41. The maximum absolute atomic E-state index is 13.5. The zero-order chi connectivity index (χ0) is 23.1. The number of benzene rings is 1. The van der Waals surface area contributed by atoms with Gasteiger partial charge in [0.15, 0.2) is 0 Å². The van der Waals surface area contributed by atoms with Gasteiger partial charge in [-0.2, -0.15) is 10.1 Å². The highest BCUT2D eigenvalue weighted by molar-refractivity contribution is 8.00. The molecule has 10 heteroatoms. The number of hydrazone groups is 1. The quantitative estimate of drug-likeness (QED) is 0.379. The predicted octanol–water partition coefficient (Wildman–Crippen LogP) is 4.85. The van der Waals surface area contributed by atoms with E-state index < -0.39 is 5.25 Å². The molecule has 0 N–H and O–H groups in total. The number of halogens is 1. The summed E-state index contributed by atoms with van der Waals surface area (Å²) in [6.07, 6.45) is 2.15. The fourth-order valence-electron chi connectivity index (χ4n) is 3.83. The molecule has 1 aromatic carbocycles. The fraction of sp³-hybridized carbons (Fsp3) is 0.261. The van der Waals surface area contributed by atoms with E-state index in [0.29, 0.717) is 28.1 Å². The Labute approximate surface area is 199 Å². The van der Waals surface area contributed by atoms with Gasteiger partial charge >= 0.3 is 0 Å². The molecule has 33 heavy (non-hydrogen) atoms. The molecule has 3 aromatic heterocycles. The lowest BCUT2D eigenvalue weighted by Gasteiger charge is -2.22. The van der Waals surface area contributed by atoms with Crippen molar-refractivity contribution < 1.29 is 9.21 Å². The number of nitrogens with zero attached hydrogens (tertiary/aromatic N) is 6. The minimum atomic E-state index is -0.463. The molecule has 0 saturated heterocycles. The zero-order valence-corrected chi connectivity index (χ0v) is 19.8. The number of carbonyl (C=O) groups excluding carboxylic acids is 1. The van der Waals surface area contributed by atoms with E-state index in [-0.39, 0.29) is 11.9 Å². The van der Waals surface area contributed by atoms with Crippen molar-refractivity contribution in [2.75, 3.05) is 0 Å². The molecule has 2 unspecified atom stereocenters. The topological polar surface area (TPSA) is 88.9 Å². The molecule has 0 saturated carbocycles. The number of amides is 1. The van der Waals surface area contributed by atoms with Gasteiger partial charge in [0.2, 0.25) is 5.16 Å². The molecule has 2 atom stereocenters. The number of hydrogen-bond acceptors (Lipinski definition) is 7. The number of aryl methyl sites for hydroxylation is 2. The van der Waals surface area contributed by atoms with E-state index in [1.165, 1.54) is 16.8 Å². The van der Waals surface area contributed by atoms with Gasteiger partial charge in [-0.1, -0.05) is 35.5 Å². The first-order valence-corrected chi connectivity index (χ1v) is 11.7. The smallest absolute Gasteiger partial charge is 0.256 e. The van der Waals surface area contributed by atoms with Crippen molar-refractivity contribution in [3.8, 4) is 0 Å². The van der Waals surface area contributed by atoms with Gasteiger partial charge < -0.3 is 4.42 Å². The number of aromatic nitrogens is 4. The number of thioether (sulfide) groups is 1. The van der Waals surface area contributed by atoms with Crippen LogP contribution in [-0.4, -0.2) is 41.5 Å². The van der Waals surface area contributed by atoms with Crippen molar-refractivity contribution in [3.63, 3.8) is 0 Å². The SMILES string of the molecule is Cc1cc(C)n2nc(SC(C)C(=O)N3N=C(c4ccc(Cl)cc4)CC3c3ccco3)nc2n1. The Morgan fingerprint density at radius 1 is 1.21 bits per heavy atom. The highest BCUT2D eigenvalue weighted by atomic mass is 35.5. The lowest BCUT2D eigenvalue weighted by Crippen LogP contribution is -2.33. The van der Waals surface area contributed by atoms with Gasteiger partial charge in [-0.25, -0.2) is 14.5 Å². The normalized spacial score (nSPS) is 16.9. The van der Waals surface area contributed by atoms with Gasteiger partial charge in [0, 0.05) is 22.8 Å². The summed E-state index contributed by atoms with van der Waals surface area (Å²) < 4.78 is 7.32. The lowest BCUT2D eigenvalue weighted by molar-refractivity contribution is -0.132. The van der Waals surface area contributed by atoms with Crippen LogP contribution in [0.4, 0.5) is 0 Å². The minimum absolute atomic E-state index is 0.148. The molecule has 1 aliphatic heterocycles. The van der Waals surface area contributed by atoms with Crippen LogP contribution >= 0.6 is 23.4 Å². The second kappa shape index (κ2) is 8.64. The highest BCUT2D eigenvalue weighted by Crippen LogP contribution is 2.35. The molecule has 4 aromatic rings. The molecule has 4 heterocycles. The number of furan rings is 1. The summed E-state index contributed by atoms with van der Waals surface area (Å²) in [5.41, 5.74) is 3.53. The summed E-state index contributed by atoms with van der Waals surface area (Å²) in [6, 6.07) is 12.7. The van der Waals surface area contributed by atoms with Crippen LogP contribution in [0.3, 0.4) is 0 Å². The molecule has 8 nitrogen and oxygen atoms in total. The molecule has 0 fully saturated rings. The summed E-state index contributed by atoms with van der Waals surface area (Å²) in [5.74, 6) is 1.06. The van der Waals surface area contributed by atoms with Crippen LogP contribution in [0.2, 0.25) is 5.02 Å². The summed E-state index contributed by atoms with van der Waals surface area (Å²) in [6.45, 7) is 5.70. The molecular weight excluding hydrogens is 460 g/mol. The third-order valence-corrected chi connectivity index (χ3v) is 6.60. The summed E-state index contributed by atoms with van der Waals surface area (Å²) in [7, 11) is 0. The Bertz CT molecular complexity index is 1350. The van der Waals surface area contributed by atoms with Crippen LogP contribution in [0.1, 0.15) is 42.1 Å². The molecule has 0 spiro atoms. The van der Waals surface area contributed by atoms with E-state index in [2.05, 4.69) is 20.2 Å². The molecule has 0 radical (unpaired) electrons. The molecule has 5 rings (SSSR count). The summed E-state index contributed by atoms with van der Waals surface area (Å²) in [4.78, 5) is 22.4. The van der Waals surface area contributed by atoms with Crippen molar-refractivity contribution in [1.82, 2.24) is 24.6 Å². The standard InChI is InChI=1S/C23H21ClN6O2S/c1-13-11-14(2)29-22(25-13)26-23(28-29)33-15(3)21(31)30-19(20-5-4-10-32-20)12-18(27-30)16-6-8-17(24)9-7-16/h4-11,15,19H,12H2,1-3H3. The van der Waals surface area contributed by atoms with Crippen LogP contribution in [0, 0.1) is 13.8 Å². The lowest BCUT2D eigenvalue weighted by atomic mass is 10.0. The monoisotopic (exact) mass is 480 g/mol. The first-order chi connectivity index (χ1) is 15.9. The first-order valence-electron chi connectivity index (χ1n) is 10.5. The van der Waals surface area contributed by atoms with E-state index in [9.17, 15) is 4.79 Å². The number of hydrogen-bond donors (Lipinski definition) is 0. The van der Waals surface area contributed by atoms with Crippen molar-refractivity contribution in [2.45, 2.75) is 43.6 Å². The van der Waals surface area contributed by atoms with E-state index in [0.717, 1.165) is 22.7 Å². The van der Waals surface area contributed by atoms with Crippen molar-refractivity contribution >= 4 is 40.8 Å². The Balaban J connectivity index is 1.41. The van der Waals surface area contributed by atoms with Crippen LogP contribution in [0.15, 0.2) is 63.4 Å². The molecule has 1 aliphatic rings. The molecule has 1 amide bonds. The molecule has 168 valence electrons. The molecule has 0 aliphatic carbocycles. The number of rotatable bonds is 5. The van der Waals surface area contributed by atoms with Crippen LogP contribution in [-0.2, 0) is 4.79 Å². The summed E-state index contributed by atoms with van der Waals surface area (Å²) >= 11 is 7.32. The zero-order valence-electron chi connectivity index (χ0n) is 18.3. The van der Waals surface area contributed by atoms with Gasteiger partial charge in [0.05, 0.1) is 17.2 Å². The van der Waals surface area contributed by atoms with Gasteiger partial charge in [0.25, 0.3) is 11.7 Å². The van der Waals surface area contributed by atoms with Gasteiger partial charge in [-0.05, 0) is 56.7 Å². The van der Waals surface area contributed by atoms with Gasteiger partial charge in [0.1, 0.15) is 11.8 Å². The maximum Gasteiger partial charge on any atom is 0.256 e. The van der Waals surface area contributed by atoms with Gasteiger partial charge in [-0.15, -0.1) is 5.10 Å². The largest absolute Gasteiger partial charge is 0.467 e. The Hall–Kier alpha value is -3.17. The summed E-state index contributed by atoms with van der Waals surface area (Å²) in [5, 5.41) is 11.4. The van der Waals surface area contributed by atoms with Crippen LogP contribution in [0.25, 0.3) is 5.78 Å². The minimum Gasteiger partial charge on any atom is -0.467 e. The van der Waals surface area contributed by atoms with Crippen LogP contribution < -0.4 is 0 Å². The maximum atomic E-state index is 13.5. The number of fused-ring (bicyclic) bond motifs is 1. The van der Waals surface area contributed by atoms with Crippen LogP contribution in [0.5, 0.6) is 0 Å². The number of carbonyl (C=O) groups is 1. The van der Waals surface area contributed by atoms with E-state index in [1.807, 2.05) is 63.2 Å². The Kier molecular flexibility index (Phi) is 5.67. The first kappa shape index (κ1) is 21.7. The fourth-order valence-corrected chi connectivity index (χ4v) is 4.74. The van der Waals surface area contributed by atoms with E-state index >= 15 is 0 Å². The predicted molar refractivity (Wildman–Crippen MR) is 126 cm³/mol. The third kappa shape index (κ3) is 4.26. The Morgan fingerprint density at radius 3 is 2.73 bits per heavy atom. The highest BCUT2D eigenvalue weighted by Gasteiger charge is 2.37. The van der Waals surface area contributed by atoms with Gasteiger partial charge in [-0.3, -0.25) is 4.79 Å². The average molecular weight is 481 g/mol. The van der Waals surface area contributed by atoms with E-state index in [1.54, 1.807) is 10.8 Å². The average Bonchev–Trinajstić information content (AvgIpc) is 3.53.